The van der Waals surface area contributed by atoms with Gasteiger partial charge < -0.3 is 4.74 Å². The van der Waals surface area contributed by atoms with Gasteiger partial charge in [0.25, 0.3) is 0 Å². The van der Waals surface area contributed by atoms with Crippen LogP contribution in [0.15, 0.2) is 0 Å². The maximum Gasteiger partial charge on any atom is 0.401 e. The van der Waals surface area contributed by atoms with Crippen LogP contribution in [0.3, 0.4) is 0 Å². The van der Waals surface area contributed by atoms with Crippen molar-refractivity contribution in [3.05, 3.63) is 0 Å². The molecule has 0 N–H and O–H groups in total. The Morgan fingerprint density at radius 1 is 1.38 bits per heavy atom. The summed E-state index contributed by atoms with van der Waals surface area (Å²) < 4.78 is 42.3. The molecule has 1 aliphatic rings. The lowest BCUT2D eigenvalue weighted by atomic mass is 10.2. The molecule has 16 heavy (non-hydrogen) atoms. The van der Waals surface area contributed by atoms with Crippen LogP contribution in [0, 0.1) is 0 Å². The molecule has 0 radical (unpaired) electrons. The van der Waals surface area contributed by atoms with Gasteiger partial charge in [0.1, 0.15) is 0 Å². The summed E-state index contributed by atoms with van der Waals surface area (Å²) in [6.45, 7) is 1.59. The summed E-state index contributed by atoms with van der Waals surface area (Å²) in [5.41, 5.74) is 0. The molecule has 0 aromatic rings. The van der Waals surface area contributed by atoms with Gasteiger partial charge in [0.15, 0.2) is 0 Å². The molecule has 2 atom stereocenters. The van der Waals surface area contributed by atoms with Crippen molar-refractivity contribution in [3.8, 4) is 0 Å². The first-order valence-corrected chi connectivity index (χ1v) is 5.94. The summed E-state index contributed by atoms with van der Waals surface area (Å²) in [5, 5.41) is 0. The van der Waals surface area contributed by atoms with Crippen LogP contribution in [0.1, 0.15) is 19.8 Å². The quantitative estimate of drug-likeness (QED) is 0.704. The third-order valence-corrected chi connectivity index (χ3v) is 2.75. The molecule has 0 aliphatic carbocycles. The van der Waals surface area contributed by atoms with Gasteiger partial charge in [0, 0.05) is 19.0 Å². The molecular formula is C10H17ClF3NO. The highest BCUT2D eigenvalue weighted by Gasteiger charge is 2.32. The Labute approximate surface area is 98.7 Å². The van der Waals surface area contributed by atoms with E-state index in [0.717, 1.165) is 12.8 Å². The zero-order chi connectivity index (χ0) is 12.2. The summed E-state index contributed by atoms with van der Waals surface area (Å²) in [4.78, 5) is 1.32. The molecule has 0 spiro atoms. The van der Waals surface area contributed by atoms with Crippen LogP contribution in [-0.2, 0) is 4.74 Å². The van der Waals surface area contributed by atoms with Crippen molar-refractivity contribution >= 4 is 11.6 Å². The van der Waals surface area contributed by atoms with E-state index in [2.05, 4.69) is 0 Å². The van der Waals surface area contributed by atoms with Crippen LogP contribution in [-0.4, -0.2) is 48.8 Å². The number of alkyl halides is 4. The lowest BCUT2D eigenvalue weighted by Gasteiger charge is -2.25. The van der Waals surface area contributed by atoms with Gasteiger partial charge in [0.2, 0.25) is 0 Å². The van der Waals surface area contributed by atoms with E-state index in [-0.39, 0.29) is 24.6 Å². The van der Waals surface area contributed by atoms with Crippen LogP contribution in [0.4, 0.5) is 13.2 Å². The maximum atomic E-state index is 12.3. The van der Waals surface area contributed by atoms with E-state index in [4.69, 9.17) is 16.3 Å². The largest absolute Gasteiger partial charge is 0.401 e. The SMILES string of the molecule is CC1CCC(CN(CCCl)CC(F)(F)F)O1. The first-order chi connectivity index (χ1) is 7.40. The first kappa shape index (κ1) is 14.1. The Kier molecular flexibility index (Phi) is 5.34. The number of hydrogen-bond donors (Lipinski definition) is 0. The lowest BCUT2D eigenvalue weighted by molar-refractivity contribution is -0.148. The molecule has 0 saturated carbocycles. The Balaban J connectivity index is 2.38. The summed E-state index contributed by atoms with van der Waals surface area (Å²) in [7, 11) is 0. The predicted molar refractivity (Wildman–Crippen MR) is 56.8 cm³/mol. The van der Waals surface area contributed by atoms with Crippen molar-refractivity contribution < 1.29 is 17.9 Å². The fraction of sp³-hybridized carbons (Fsp3) is 1.00. The van der Waals surface area contributed by atoms with E-state index in [1.165, 1.54) is 4.90 Å². The van der Waals surface area contributed by atoms with Gasteiger partial charge in [-0.1, -0.05) is 0 Å². The molecule has 1 rings (SSSR count). The second kappa shape index (κ2) is 6.07. The van der Waals surface area contributed by atoms with Gasteiger partial charge in [-0.25, -0.2) is 0 Å². The van der Waals surface area contributed by atoms with Gasteiger partial charge in [0.05, 0.1) is 18.8 Å². The minimum Gasteiger partial charge on any atom is -0.374 e. The van der Waals surface area contributed by atoms with Gasteiger partial charge in [-0.05, 0) is 19.8 Å². The average molecular weight is 260 g/mol. The van der Waals surface area contributed by atoms with E-state index >= 15 is 0 Å². The van der Waals surface area contributed by atoms with E-state index in [9.17, 15) is 13.2 Å². The van der Waals surface area contributed by atoms with E-state index in [1.807, 2.05) is 6.92 Å². The van der Waals surface area contributed by atoms with Crippen molar-refractivity contribution in [1.82, 2.24) is 4.90 Å². The second-order valence-electron chi connectivity index (χ2n) is 4.19. The first-order valence-electron chi connectivity index (χ1n) is 5.41. The highest BCUT2D eigenvalue weighted by atomic mass is 35.5. The minimum atomic E-state index is -4.17. The monoisotopic (exact) mass is 259 g/mol. The molecule has 0 aromatic carbocycles. The van der Waals surface area contributed by atoms with Gasteiger partial charge >= 0.3 is 6.18 Å². The van der Waals surface area contributed by atoms with Crippen LogP contribution < -0.4 is 0 Å². The predicted octanol–water partition coefficient (Wildman–Crippen LogP) is 2.66. The number of rotatable bonds is 5. The van der Waals surface area contributed by atoms with E-state index in [0.29, 0.717) is 6.54 Å². The van der Waals surface area contributed by atoms with Gasteiger partial charge in [-0.3, -0.25) is 4.90 Å². The maximum absolute atomic E-state index is 12.3. The molecule has 96 valence electrons. The molecular weight excluding hydrogens is 243 g/mol. The van der Waals surface area contributed by atoms with Gasteiger partial charge in [-0.2, -0.15) is 13.2 Å². The minimum absolute atomic E-state index is 0.0828. The molecule has 1 aliphatic heterocycles. The highest BCUT2D eigenvalue weighted by Crippen LogP contribution is 2.22. The van der Waals surface area contributed by atoms with Crippen LogP contribution >= 0.6 is 11.6 Å². The van der Waals surface area contributed by atoms with E-state index < -0.39 is 12.7 Å². The number of halogens is 4. The van der Waals surface area contributed by atoms with Crippen molar-refractivity contribution in [2.75, 3.05) is 25.5 Å². The molecule has 0 aromatic heterocycles. The van der Waals surface area contributed by atoms with Crippen LogP contribution in [0.25, 0.3) is 0 Å². The summed E-state index contributed by atoms with van der Waals surface area (Å²) in [5.74, 6) is 0.207. The van der Waals surface area contributed by atoms with Crippen molar-refractivity contribution in [1.29, 1.82) is 0 Å². The van der Waals surface area contributed by atoms with Crippen molar-refractivity contribution in [3.63, 3.8) is 0 Å². The highest BCUT2D eigenvalue weighted by molar-refractivity contribution is 6.18. The molecule has 1 fully saturated rings. The van der Waals surface area contributed by atoms with Gasteiger partial charge in [-0.15, -0.1) is 11.6 Å². The van der Waals surface area contributed by atoms with Crippen LogP contribution in [0.5, 0.6) is 0 Å². The number of hydrogen-bond acceptors (Lipinski definition) is 2. The van der Waals surface area contributed by atoms with Crippen molar-refractivity contribution in [2.24, 2.45) is 0 Å². The normalized spacial score (nSPS) is 26.6. The molecule has 2 unspecified atom stereocenters. The fourth-order valence-electron chi connectivity index (χ4n) is 1.92. The molecule has 1 saturated heterocycles. The Morgan fingerprint density at radius 2 is 2.06 bits per heavy atom. The number of nitrogens with zero attached hydrogens (tertiary/aromatic N) is 1. The zero-order valence-corrected chi connectivity index (χ0v) is 10.0. The standard InChI is InChI=1S/C10H17ClF3NO/c1-8-2-3-9(16-8)6-15(5-4-11)7-10(12,13)14/h8-9H,2-7H2,1H3. The summed E-state index contributed by atoms with van der Waals surface area (Å²) >= 11 is 5.49. The molecule has 6 heteroatoms. The Morgan fingerprint density at radius 3 is 2.50 bits per heavy atom. The third-order valence-electron chi connectivity index (χ3n) is 2.59. The second-order valence-corrected chi connectivity index (χ2v) is 4.56. The van der Waals surface area contributed by atoms with Crippen LogP contribution in [0.2, 0.25) is 0 Å². The average Bonchev–Trinajstić information content (AvgIpc) is 2.48. The Bertz CT molecular complexity index is 213. The third kappa shape index (κ3) is 5.37. The molecule has 2 nitrogen and oxygen atoms in total. The summed E-state index contributed by atoms with van der Waals surface area (Å²) in [6.07, 6.45) is -2.34. The topological polar surface area (TPSA) is 12.5 Å². The fourth-order valence-corrected chi connectivity index (χ4v) is 2.15. The zero-order valence-electron chi connectivity index (χ0n) is 9.26. The van der Waals surface area contributed by atoms with Crippen molar-refractivity contribution in [2.45, 2.75) is 38.1 Å². The molecule has 1 heterocycles. The van der Waals surface area contributed by atoms with E-state index in [1.54, 1.807) is 0 Å². The lowest BCUT2D eigenvalue weighted by Crippen LogP contribution is -2.40. The smallest absolute Gasteiger partial charge is 0.374 e. The summed E-state index contributed by atoms with van der Waals surface area (Å²) in [6, 6.07) is 0. The molecule has 0 amide bonds. The Hall–Kier alpha value is -0.0000000000000000486. The molecule has 0 bridgehead atoms. The number of ether oxygens (including phenoxy) is 1.